The first-order valence-electron chi connectivity index (χ1n) is 6.39. The van der Waals surface area contributed by atoms with Crippen LogP contribution in [-0.2, 0) is 6.42 Å². The first-order chi connectivity index (χ1) is 7.74. The van der Waals surface area contributed by atoms with Crippen LogP contribution < -0.4 is 0 Å². The van der Waals surface area contributed by atoms with Crippen molar-refractivity contribution in [3.63, 3.8) is 0 Å². The Labute approximate surface area is 97.5 Å². The van der Waals surface area contributed by atoms with Crippen molar-refractivity contribution in [2.24, 2.45) is 0 Å². The van der Waals surface area contributed by atoms with E-state index in [-0.39, 0.29) is 6.61 Å². The van der Waals surface area contributed by atoms with Gasteiger partial charge in [0.15, 0.2) is 0 Å². The van der Waals surface area contributed by atoms with Crippen LogP contribution in [0.15, 0.2) is 0 Å². The van der Waals surface area contributed by atoms with Crippen molar-refractivity contribution in [2.75, 3.05) is 6.61 Å². The smallest absolute Gasteiger partial charge is 0.0629 e. The van der Waals surface area contributed by atoms with E-state index in [9.17, 15) is 0 Å². The topological polar surface area (TPSA) is 38.0 Å². The first kappa shape index (κ1) is 11.6. The lowest BCUT2D eigenvalue weighted by Gasteiger charge is -2.23. The molecule has 1 saturated carbocycles. The second kappa shape index (κ2) is 5.00. The van der Waals surface area contributed by atoms with Gasteiger partial charge in [-0.25, -0.2) is 0 Å². The quantitative estimate of drug-likeness (QED) is 0.853. The van der Waals surface area contributed by atoms with Gasteiger partial charge in [-0.1, -0.05) is 19.3 Å². The van der Waals surface area contributed by atoms with Gasteiger partial charge in [0.2, 0.25) is 0 Å². The second-order valence-corrected chi connectivity index (χ2v) is 4.86. The third kappa shape index (κ3) is 2.14. The molecule has 90 valence electrons. The van der Waals surface area contributed by atoms with Gasteiger partial charge in [0, 0.05) is 12.3 Å². The van der Waals surface area contributed by atoms with Crippen LogP contribution in [0.25, 0.3) is 0 Å². The maximum Gasteiger partial charge on any atom is 0.0629 e. The van der Waals surface area contributed by atoms with Crippen molar-refractivity contribution in [2.45, 2.75) is 58.4 Å². The standard InChI is InChI=1S/C13H22N2O/c1-10-13(8-9-16)11(2)15(14-10)12-6-4-3-5-7-12/h12,16H,3-9H2,1-2H3. The van der Waals surface area contributed by atoms with E-state index in [4.69, 9.17) is 5.11 Å². The van der Waals surface area contributed by atoms with E-state index in [1.165, 1.54) is 43.4 Å². The number of hydrogen-bond acceptors (Lipinski definition) is 2. The average Bonchev–Trinajstić information content (AvgIpc) is 2.59. The SMILES string of the molecule is Cc1nn(C2CCCCC2)c(C)c1CCO. The third-order valence-corrected chi connectivity index (χ3v) is 3.76. The molecule has 0 aromatic carbocycles. The van der Waals surface area contributed by atoms with Crippen molar-refractivity contribution < 1.29 is 5.11 Å². The normalized spacial score (nSPS) is 17.9. The monoisotopic (exact) mass is 222 g/mol. The molecular formula is C13H22N2O. The minimum absolute atomic E-state index is 0.220. The summed E-state index contributed by atoms with van der Waals surface area (Å²) in [6, 6.07) is 0.597. The number of nitrogens with zero attached hydrogens (tertiary/aromatic N) is 2. The van der Waals surface area contributed by atoms with Crippen LogP contribution in [0.3, 0.4) is 0 Å². The van der Waals surface area contributed by atoms with Crippen molar-refractivity contribution in [1.29, 1.82) is 0 Å². The van der Waals surface area contributed by atoms with Gasteiger partial charge in [0.25, 0.3) is 0 Å². The van der Waals surface area contributed by atoms with E-state index in [0.29, 0.717) is 6.04 Å². The van der Waals surface area contributed by atoms with Crippen molar-refractivity contribution in [1.82, 2.24) is 9.78 Å². The Balaban J connectivity index is 2.23. The van der Waals surface area contributed by atoms with Gasteiger partial charge in [0.05, 0.1) is 11.7 Å². The summed E-state index contributed by atoms with van der Waals surface area (Å²) in [5, 5.41) is 13.7. The number of aromatic nitrogens is 2. The predicted octanol–water partition coefficient (Wildman–Crippen LogP) is 2.54. The zero-order valence-electron chi connectivity index (χ0n) is 10.4. The Morgan fingerprint density at radius 1 is 1.25 bits per heavy atom. The minimum atomic E-state index is 0.220. The van der Waals surface area contributed by atoms with Crippen molar-refractivity contribution >= 4 is 0 Å². The molecular weight excluding hydrogens is 200 g/mol. The number of rotatable bonds is 3. The molecule has 0 amide bonds. The van der Waals surface area contributed by atoms with Crippen LogP contribution in [0.5, 0.6) is 0 Å². The summed E-state index contributed by atoms with van der Waals surface area (Å²) < 4.78 is 2.21. The molecule has 0 aliphatic heterocycles. The van der Waals surface area contributed by atoms with Crippen LogP contribution in [0.1, 0.15) is 55.1 Å². The highest BCUT2D eigenvalue weighted by molar-refractivity contribution is 5.25. The van der Waals surface area contributed by atoms with Gasteiger partial charge >= 0.3 is 0 Å². The zero-order valence-corrected chi connectivity index (χ0v) is 10.4. The Morgan fingerprint density at radius 3 is 2.56 bits per heavy atom. The van der Waals surface area contributed by atoms with Gasteiger partial charge in [-0.2, -0.15) is 5.10 Å². The van der Waals surface area contributed by atoms with E-state index < -0.39 is 0 Å². The zero-order chi connectivity index (χ0) is 11.5. The Hall–Kier alpha value is -0.830. The Kier molecular flexibility index (Phi) is 3.64. The number of aryl methyl sites for hydroxylation is 1. The molecule has 3 nitrogen and oxygen atoms in total. The number of hydrogen-bond donors (Lipinski definition) is 1. The maximum absolute atomic E-state index is 9.05. The van der Waals surface area contributed by atoms with E-state index in [0.717, 1.165) is 12.1 Å². The second-order valence-electron chi connectivity index (χ2n) is 4.86. The van der Waals surface area contributed by atoms with Crippen molar-refractivity contribution in [3.05, 3.63) is 17.0 Å². The molecule has 0 radical (unpaired) electrons. The van der Waals surface area contributed by atoms with E-state index in [1.54, 1.807) is 0 Å². The highest BCUT2D eigenvalue weighted by Gasteiger charge is 2.20. The first-order valence-corrected chi connectivity index (χ1v) is 6.39. The summed E-state index contributed by atoms with van der Waals surface area (Å²) in [5.41, 5.74) is 3.60. The van der Waals surface area contributed by atoms with Crippen LogP contribution >= 0.6 is 0 Å². The molecule has 3 heteroatoms. The molecule has 1 aliphatic rings. The summed E-state index contributed by atoms with van der Waals surface area (Å²) in [5.74, 6) is 0. The molecule has 1 aromatic heterocycles. The highest BCUT2D eigenvalue weighted by Crippen LogP contribution is 2.30. The molecule has 0 saturated heterocycles. The van der Waals surface area contributed by atoms with Gasteiger partial charge in [-0.3, -0.25) is 4.68 Å². The predicted molar refractivity (Wildman–Crippen MR) is 64.6 cm³/mol. The Morgan fingerprint density at radius 2 is 1.94 bits per heavy atom. The lowest BCUT2D eigenvalue weighted by Crippen LogP contribution is -2.15. The average molecular weight is 222 g/mol. The fourth-order valence-corrected chi connectivity index (χ4v) is 2.85. The van der Waals surface area contributed by atoms with E-state index >= 15 is 0 Å². The number of aliphatic hydroxyl groups is 1. The largest absolute Gasteiger partial charge is 0.396 e. The van der Waals surface area contributed by atoms with Crippen LogP contribution in [0.4, 0.5) is 0 Å². The summed E-state index contributed by atoms with van der Waals surface area (Å²) in [7, 11) is 0. The lowest BCUT2D eigenvalue weighted by molar-refractivity contribution is 0.298. The molecule has 1 N–H and O–H groups in total. The summed E-state index contributed by atoms with van der Waals surface area (Å²) in [6.45, 7) is 4.41. The maximum atomic E-state index is 9.05. The van der Waals surface area contributed by atoms with Crippen molar-refractivity contribution in [3.8, 4) is 0 Å². The van der Waals surface area contributed by atoms with Crippen LogP contribution in [0.2, 0.25) is 0 Å². The van der Waals surface area contributed by atoms with Crippen LogP contribution in [0, 0.1) is 13.8 Å². The molecule has 0 unspecified atom stereocenters. The molecule has 2 rings (SSSR count). The summed E-state index contributed by atoms with van der Waals surface area (Å²) in [4.78, 5) is 0. The molecule has 1 fully saturated rings. The van der Waals surface area contributed by atoms with E-state index in [2.05, 4.69) is 23.6 Å². The fraction of sp³-hybridized carbons (Fsp3) is 0.769. The fourth-order valence-electron chi connectivity index (χ4n) is 2.85. The third-order valence-electron chi connectivity index (χ3n) is 3.76. The molecule has 1 aromatic rings. The van der Waals surface area contributed by atoms with E-state index in [1.807, 2.05) is 0 Å². The lowest BCUT2D eigenvalue weighted by atomic mass is 9.95. The molecule has 0 atom stereocenters. The molecule has 16 heavy (non-hydrogen) atoms. The molecule has 0 spiro atoms. The summed E-state index contributed by atoms with van der Waals surface area (Å²) >= 11 is 0. The number of aliphatic hydroxyl groups excluding tert-OH is 1. The molecule has 1 heterocycles. The van der Waals surface area contributed by atoms with Gasteiger partial charge in [0.1, 0.15) is 0 Å². The van der Waals surface area contributed by atoms with Gasteiger partial charge < -0.3 is 5.11 Å². The molecule has 1 aliphatic carbocycles. The minimum Gasteiger partial charge on any atom is -0.396 e. The highest BCUT2D eigenvalue weighted by atomic mass is 16.2. The Bertz CT molecular complexity index is 351. The van der Waals surface area contributed by atoms with Crippen LogP contribution in [-0.4, -0.2) is 21.5 Å². The van der Waals surface area contributed by atoms with Gasteiger partial charge in [-0.05, 0) is 38.7 Å². The van der Waals surface area contributed by atoms with Gasteiger partial charge in [-0.15, -0.1) is 0 Å². The molecule has 0 bridgehead atoms. The summed E-state index contributed by atoms with van der Waals surface area (Å²) in [6.07, 6.45) is 7.31.